The van der Waals surface area contributed by atoms with Crippen molar-refractivity contribution < 1.29 is 4.79 Å². The van der Waals surface area contributed by atoms with Crippen molar-refractivity contribution in [1.29, 1.82) is 0 Å². The summed E-state index contributed by atoms with van der Waals surface area (Å²) in [4.78, 5) is 16.9. The lowest BCUT2D eigenvalue weighted by Gasteiger charge is -2.18. The number of hydrogen-bond donors (Lipinski definition) is 1. The molecule has 1 saturated carbocycles. The van der Waals surface area contributed by atoms with Crippen LogP contribution in [0.3, 0.4) is 0 Å². The lowest BCUT2D eigenvalue weighted by Crippen LogP contribution is -2.22. The number of nitrogens with zero attached hydrogens (tertiary/aromatic N) is 6. The lowest BCUT2D eigenvalue weighted by molar-refractivity contribution is -0.115. The summed E-state index contributed by atoms with van der Waals surface area (Å²) in [5.41, 5.74) is 0.903. The highest BCUT2D eigenvalue weighted by Gasteiger charge is 2.23. The van der Waals surface area contributed by atoms with Gasteiger partial charge in [0.05, 0.1) is 5.25 Å². The van der Waals surface area contributed by atoms with Crippen molar-refractivity contribution in [3.63, 3.8) is 0 Å². The second-order valence-electron chi connectivity index (χ2n) is 7.32. The average Bonchev–Trinajstić information content (AvgIpc) is 3.41. The summed E-state index contributed by atoms with van der Waals surface area (Å²) in [5, 5.41) is 22.0. The molecule has 8 nitrogen and oxygen atoms in total. The van der Waals surface area contributed by atoms with E-state index in [1.165, 1.54) is 55.2 Å². The lowest BCUT2D eigenvalue weighted by atomic mass is 9.90. The first-order chi connectivity index (χ1) is 14.7. The first-order valence-corrected chi connectivity index (χ1v) is 12.0. The molecule has 0 aliphatic heterocycles. The minimum Gasteiger partial charge on any atom is -0.302 e. The van der Waals surface area contributed by atoms with E-state index in [1.54, 1.807) is 12.4 Å². The number of hydrogen-bond acceptors (Lipinski definition) is 8. The molecule has 4 rings (SSSR count). The molecule has 0 saturated heterocycles. The quantitative estimate of drug-likeness (QED) is 0.541. The fourth-order valence-corrected chi connectivity index (χ4v) is 5.42. The molecule has 1 amide bonds. The Balaban J connectivity index is 1.40. The summed E-state index contributed by atoms with van der Waals surface area (Å²) in [6.07, 6.45) is 9.63. The van der Waals surface area contributed by atoms with Crippen molar-refractivity contribution in [1.82, 2.24) is 29.9 Å². The third-order valence-electron chi connectivity index (χ3n) is 5.23. The molecule has 0 radical (unpaired) electrons. The molecule has 30 heavy (non-hydrogen) atoms. The second kappa shape index (κ2) is 9.65. The van der Waals surface area contributed by atoms with Gasteiger partial charge < -0.3 is 4.57 Å². The molecule has 3 aromatic heterocycles. The van der Waals surface area contributed by atoms with E-state index in [2.05, 4.69) is 30.7 Å². The van der Waals surface area contributed by atoms with Crippen LogP contribution >= 0.6 is 23.1 Å². The van der Waals surface area contributed by atoms with Gasteiger partial charge in [-0.15, -0.1) is 20.4 Å². The van der Waals surface area contributed by atoms with Crippen molar-refractivity contribution >= 4 is 34.1 Å². The zero-order chi connectivity index (χ0) is 20.9. The monoisotopic (exact) mass is 443 g/mol. The van der Waals surface area contributed by atoms with Gasteiger partial charge in [0.1, 0.15) is 5.01 Å². The first-order valence-electron chi connectivity index (χ1n) is 10.3. The van der Waals surface area contributed by atoms with E-state index in [-0.39, 0.29) is 11.2 Å². The number of anilines is 1. The molecule has 0 aromatic carbocycles. The van der Waals surface area contributed by atoms with E-state index < -0.39 is 0 Å². The number of nitrogens with one attached hydrogen (secondary N) is 1. The Hall–Kier alpha value is -2.33. The minimum absolute atomic E-state index is 0.111. The molecule has 1 fully saturated rings. The number of aromatic nitrogens is 6. The summed E-state index contributed by atoms with van der Waals surface area (Å²) in [6.45, 7) is 4.60. The largest absolute Gasteiger partial charge is 0.302 e. The van der Waals surface area contributed by atoms with Gasteiger partial charge in [0.25, 0.3) is 0 Å². The Bertz CT molecular complexity index is 982. The highest BCUT2D eigenvalue weighted by molar-refractivity contribution is 8.00. The summed E-state index contributed by atoms with van der Waals surface area (Å²) in [7, 11) is 0. The van der Waals surface area contributed by atoms with Crippen LogP contribution in [0.4, 0.5) is 5.13 Å². The fraction of sp³-hybridized carbons (Fsp3) is 0.500. The van der Waals surface area contributed by atoms with Gasteiger partial charge in [-0.25, -0.2) is 0 Å². The molecule has 1 aliphatic rings. The molecule has 1 aliphatic carbocycles. The minimum atomic E-state index is -0.344. The smallest absolute Gasteiger partial charge is 0.239 e. The summed E-state index contributed by atoms with van der Waals surface area (Å²) in [6, 6.07) is 3.82. The summed E-state index contributed by atoms with van der Waals surface area (Å²) >= 11 is 2.88. The van der Waals surface area contributed by atoms with Gasteiger partial charge in [0.15, 0.2) is 11.0 Å². The molecule has 1 atom stereocenters. The summed E-state index contributed by atoms with van der Waals surface area (Å²) < 4.78 is 2.00. The number of carbonyl (C=O) groups excluding carboxylic acids is 1. The standard InChI is InChI=1S/C20H25N7OS2/c1-3-27-16(15-10-7-11-21-12-15)23-26-20(27)29-13(2)17(28)22-19-25-24-18(30-19)14-8-5-4-6-9-14/h7,10-14H,3-6,8-9H2,1-2H3,(H,22,25,28). The Morgan fingerprint density at radius 2 is 2.10 bits per heavy atom. The molecule has 1 unspecified atom stereocenters. The number of amides is 1. The van der Waals surface area contributed by atoms with Gasteiger partial charge in [-0.1, -0.05) is 42.4 Å². The number of thioether (sulfide) groups is 1. The Labute approximate surface area is 183 Å². The maximum absolute atomic E-state index is 12.7. The predicted molar refractivity (Wildman–Crippen MR) is 119 cm³/mol. The van der Waals surface area contributed by atoms with Crippen LogP contribution in [0.5, 0.6) is 0 Å². The van der Waals surface area contributed by atoms with Crippen molar-refractivity contribution in [3.8, 4) is 11.4 Å². The number of carbonyl (C=O) groups is 1. The van der Waals surface area contributed by atoms with Crippen molar-refractivity contribution in [3.05, 3.63) is 29.5 Å². The summed E-state index contributed by atoms with van der Waals surface area (Å²) in [5.74, 6) is 1.13. The molecule has 10 heteroatoms. The van der Waals surface area contributed by atoms with Gasteiger partial charge in [0, 0.05) is 30.4 Å². The van der Waals surface area contributed by atoms with Crippen LogP contribution < -0.4 is 5.32 Å². The third kappa shape index (κ3) is 4.70. The molecular formula is C20H25N7OS2. The first kappa shape index (κ1) is 20.9. The van der Waals surface area contributed by atoms with Crippen LogP contribution in [0.1, 0.15) is 56.9 Å². The van der Waals surface area contributed by atoms with Gasteiger partial charge in [-0.05, 0) is 38.8 Å². The van der Waals surface area contributed by atoms with Crippen LogP contribution in [0.2, 0.25) is 0 Å². The van der Waals surface area contributed by atoms with Crippen LogP contribution in [-0.4, -0.2) is 41.1 Å². The molecule has 3 heterocycles. The fourth-order valence-electron chi connectivity index (χ4n) is 3.59. The number of rotatable bonds is 7. The zero-order valence-electron chi connectivity index (χ0n) is 17.1. The maximum atomic E-state index is 12.7. The maximum Gasteiger partial charge on any atom is 0.239 e. The van der Waals surface area contributed by atoms with Crippen molar-refractivity contribution in [2.75, 3.05) is 5.32 Å². The predicted octanol–water partition coefficient (Wildman–Crippen LogP) is 4.38. The molecule has 1 N–H and O–H groups in total. The van der Waals surface area contributed by atoms with E-state index in [0.29, 0.717) is 22.8 Å². The van der Waals surface area contributed by atoms with E-state index >= 15 is 0 Å². The molecule has 158 valence electrons. The van der Waals surface area contributed by atoms with Crippen molar-refractivity contribution in [2.24, 2.45) is 0 Å². The van der Waals surface area contributed by atoms with E-state index in [0.717, 1.165) is 16.4 Å². The molecule has 0 bridgehead atoms. The Morgan fingerprint density at radius 3 is 2.83 bits per heavy atom. The van der Waals surface area contributed by atoms with E-state index in [9.17, 15) is 4.79 Å². The zero-order valence-corrected chi connectivity index (χ0v) is 18.7. The Morgan fingerprint density at radius 1 is 1.27 bits per heavy atom. The third-order valence-corrected chi connectivity index (χ3v) is 7.31. The SMILES string of the molecule is CCn1c(SC(C)C(=O)Nc2nnc(C3CCCCC3)s2)nnc1-c1cccnc1. The van der Waals surface area contributed by atoms with Crippen LogP contribution in [0.15, 0.2) is 29.7 Å². The topological polar surface area (TPSA) is 98.5 Å². The van der Waals surface area contributed by atoms with E-state index in [4.69, 9.17) is 0 Å². The van der Waals surface area contributed by atoms with Crippen LogP contribution in [0.25, 0.3) is 11.4 Å². The normalized spacial score (nSPS) is 15.8. The van der Waals surface area contributed by atoms with Gasteiger partial charge in [0.2, 0.25) is 11.0 Å². The molecule has 0 spiro atoms. The highest BCUT2D eigenvalue weighted by atomic mass is 32.2. The molecular weight excluding hydrogens is 418 g/mol. The number of pyridine rings is 1. The average molecular weight is 444 g/mol. The van der Waals surface area contributed by atoms with Crippen molar-refractivity contribution in [2.45, 2.75) is 68.8 Å². The van der Waals surface area contributed by atoms with E-state index in [1.807, 2.05) is 30.5 Å². The van der Waals surface area contributed by atoms with Gasteiger partial charge in [-0.2, -0.15) is 0 Å². The highest BCUT2D eigenvalue weighted by Crippen LogP contribution is 2.35. The molecule has 3 aromatic rings. The van der Waals surface area contributed by atoms with Gasteiger partial charge >= 0.3 is 0 Å². The second-order valence-corrected chi connectivity index (χ2v) is 9.64. The van der Waals surface area contributed by atoms with Gasteiger partial charge in [-0.3, -0.25) is 15.1 Å². The Kier molecular flexibility index (Phi) is 6.73. The van der Waals surface area contributed by atoms with Crippen LogP contribution in [0, 0.1) is 0 Å². The van der Waals surface area contributed by atoms with Crippen LogP contribution in [-0.2, 0) is 11.3 Å².